The summed E-state index contributed by atoms with van der Waals surface area (Å²) < 4.78 is 6.02. The first-order valence-corrected chi connectivity index (χ1v) is 6.44. The van der Waals surface area contributed by atoms with Gasteiger partial charge in [0, 0.05) is 6.54 Å². The number of aliphatic hydroxyl groups is 1. The molecule has 17 heavy (non-hydrogen) atoms. The van der Waals surface area contributed by atoms with Crippen LogP contribution in [0.15, 0.2) is 30.3 Å². The van der Waals surface area contributed by atoms with Crippen molar-refractivity contribution >= 4 is 0 Å². The van der Waals surface area contributed by atoms with Crippen LogP contribution in [-0.4, -0.2) is 23.4 Å². The van der Waals surface area contributed by atoms with E-state index in [0.717, 1.165) is 31.2 Å². The van der Waals surface area contributed by atoms with Gasteiger partial charge in [-0.05, 0) is 18.4 Å². The molecular formula is C14H19NO2. The van der Waals surface area contributed by atoms with Crippen molar-refractivity contribution in [1.82, 2.24) is 5.32 Å². The number of benzene rings is 1. The zero-order valence-corrected chi connectivity index (χ0v) is 9.93. The highest BCUT2D eigenvalue weighted by Crippen LogP contribution is 2.36. The Morgan fingerprint density at radius 3 is 2.88 bits per heavy atom. The molecular weight excluding hydrogens is 214 g/mol. The van der Waals surface area contributed by atoms with E-state index in [1.54, 1.807) is 0 Å². The third-order valence-corrected chi connectivity index (χ3v) is 3.92. The molecule has 1 aromatic rings. The second-order valence-electron chi connectivity index (χ2n) is 5.15. The Hall–Kier alpha value is -0.900. The predicted molar refractivity (Wildman–Crippen MR) is 65.5 cm³/mol. The summed E-state index contributed by atoms with van der Waals surface area (Å²) >= 11 is 0. The highest BCUT2D eigenvalue weighted by atomic mass is 16.5. The zero-order valence-electron chi connectivity index (χ0n) is 9.93. The van der Waals surface area contributed by atoms with Gasteiger partial charge in [-0.2, -0.15) is 0 Å². The summed E-state index contributed by atoms with van der Waals surface area (Å²) in [5.41, 5.74) is 0.490. The molecule has 1 saturated heterocycles. The predicted octanol–water partition coefficient (Wildman–Crippen LogP) is 1.98. The standard InChI is InChI=1S/C14H19NO2/c16-14-9-5-4-8-12(14)17-13(15-10-14)11-6-2-1-3-7-11/h1-3,6-7,12-13,15-16H,4-5,8-10H2/t12-,13+,14+/m0/s1. The van der Waals surface area contributed by atoms with Gasteiger partial charge in [0.2, 0.25) is 0 Å². The molecule has 0 radical (unpaired) electrons. The van der Waals surface area contributed by atoms with Gasteiger partial charge in [0.05, 0.1) is 6.10 Å². The highest BCUT2D eigenvalue weighted by Gasteiger charge is 2.44. The van der Waals surface area contributed by atoms with Crippen molar-refractivity contribution in [3.63, 3.8) is 0 Å². The Balaban J connectivity index is 1.76. The Morgan fingerprint density at radius 1 is 1.24 bits per heavy atom. The number of rotatable bonds is 1. The lowest BCUT2D eigenvalue weighted by Crippen LogP contribution is -2.59. The van der Waals surface area contributed by atoms with Gasteiger partial charge in [0.1, 0.15) is 11.8 Å². The molecule has 92 valence electrons. The molecule has 1 heterocycles. The average Bonchev–Trinajstić information content (AvgIpc) is 2.39. The molecule has 3 nitrogen and oxygen atoms in total. The molecule has 0 unspecified atom stereocenters. The number of nitrogens with one attached hydrogen (secondary N) is 1. The van der Waals surface area contributed by atoms with Crippen molar-refractivity contribution in [2.75, 3.05) is 6.54 Å². The van der Waals surface area contributed by atoms with Crippen LogP contribution in [0.5, 0.6) is 0 Å². The number of ether oxygens (including phenoxy) is 1. The summed E-state index contributed by atoms with van der Waals surface area (Å²) in [7, 11) is 0. The number of hydrogen-bond donors (Lipinski definition) is 2. The fourth-order valence-corrected chi connectivity index (χ4v) is 2.89. The molecule has 1 aromatic carbocycles. The molecule has 0 bridgehead atoms. The van der Waals surface area contributed by atoms with Crippen molar-refractivity contribution < 1.29 is 9.84 Å². The van der Waals surface area contributed by atoms with E-state index in [1.807, 2.05) is 18.2 Å². The molecule has 0 spiro atoms. The lowest BCUT2D eigenvalue weighted by Gasteiger charge is -2.46. The zero-order chi connectivity index (χ0) is 11.7. The van der Waals surface area contributed by atoms with Crippen LogP contribution in [-0.2, 0) is 4.74 Å². The molecule has 3 rings (SSSR count). The van der Waals surface area contributed by atoms with Crippen molar-refractivity contribution in [1.29, 1.82) is 0 Å². The first kappa shape index (κ1) is 11.2. The summed E-state index contributed by atoms with van der Waals surface area (Å²) in [6.45, 7) is 0.636. The van der Waals surface area contributed by atoms with Gasteiger partial charge >= 0.3 is 0 Å². The smallest absolute Gasteiger partial charge is 0.134 e. The lowest BCUT2D eigenvalue weighted by molar-refractivity contribution is -0.195. The van der Waals surface area contributed by atoms with Crippen molar-refractivity contribution in [2.45, 2.75) is 43.6 Å². The average molecular weight is 233 g/mol. The fourth-order valence-electron chi connectivity index (χ4n) is 2.89. The Bertz CT molecular complexity index is 381. The van der Waals surface area contributed by atoms with Crippen molar-refractivity contribution in [3.8, 4) is 0 Å². The Morgan fingerprint density at radius 2 is 2.06 bits per heavy atom. The Labute approximate surface area is 102 Å². The monoisotopic (exact) mass is 233 g/mol. The van der Waals surface area contributed by atoms with Crippen LogP contribution < -0.4 is 5.32 Å². The normalized spacial score (nSPS) is 37.5. The lowest BCUT2D eigenvalue weighted by atomic mass is 9.81. The summed E-state index contributed by atoms with van der Waals surface area (Å²) in [5.74, 6) is 0. The van der Waals surface area contributed by atoms with Crippen LogP contribution in [0.25, 0.3) is 0 Å². The minimum atomic E-state index is -0.649. The van der Waals surface area contributed by atoms with Gasteiger partial charge in [0.25, 0.3) is 0 Å². The molecule has 1 aliphatic heterocycles. The molecule has 2 fully saturated rings. The van der Waals surface area contributed by atoms with E-state index in [0.29, 0.717) is 6.54 Å². The van der Waals surface area contributed by atoms with Gasteiger partial charge in [0.15, 0.2) is 0 Å². The molecule has 1 saturated carbocycles. The van der Waals surface area contributed by atoms with Gasteiger partial charge in [-0.25, -0.2) is 0 Å². The first-order chi connectivity index (χ1) is 8.28. The maximum Gasteiger partial charge on any atom is 0.134 e. The third-order valence-electron chi connectivity index (χ3n) is 3.92. The number of fused-ring (bicyclic) bond motifs is 1. The van der Waals surface area contributed by atoms with Crippen LogP contribution in [0.1, 0.15) is 37.5 Å². The minimum Gasteiger partial charge on any atom is -0.386 e. The van der Waals surface area contributed by atoms with E-state index < -0.39 is 5.60 Å². The van der Waals surface area contributed by atoms with Crippen LogP contribution in [0.2, 0.25) is 0 Å². The molecule has 3 atom stereocenters. The van der Waals surface area contributed by atoms with Gasteiger partial charge in [-0.15, -0.1) is 0 Å². The van der Waals surface area contributed by atoms with E-state index in [2.05, 4.69) is 17.4 Å². The van der Waals surface area contributed by atoms with Crippen LogP contribution in [0, 0.1) is 0 Å². The first-order valence-electron chi connectivity index (χ1n) is 6.44. The maximum atomic E-state index is 10.5. The second-order valence-corrected chi connectivity index (χ2v) is 5.15. The van der Waals surface area contributed by atoms with E-state index in [1.165, 1.54) is 0 Å². The quantitative estimate of drug-likeness (QED) is 0.779. The molecule has 2 aliphatic rings. The van der Waals surface area contributed by atoms with Gasteiger partial charge < -0.3 is 9.84 Å². The highest BCUT2D eigenvalue weighted by molar-refractivity contribution is 5.18. The van der Waals surface area contributed by atoms with Crippen LogP contribution in [0.3, 0.4) is 0 Å². The van der Waals surface area contributed by atoms with Gasteiger partial charge in [-0.3, -0.25) is 5.32 Å². The van der Waals surface area contributed by atoms with Crippen molar-refractivity contribution in [2.24, 2.45) is 0 Å². The number of β-amino-alcohol motifs (C(OH)–C–C–N with tert-alkyl or cyclic N) is 1. The number of hydrogen-bond acceptors (Lipinski definition) is 3. The summed E-state index contributed by atoms with van der Waals surface area (Å²) in [6, 6.07) is 10.2. The van der Waals surface area contributed by atoms with E-state index in [4.69, 9.17) is 4.74 Å². The van der Waals surface area contributed by atoms with Crippen molar-refractivity contribution in [3.05, 3.63) is 35.9 Å². The maximum absolute atomic E-state index is 10.5. The summed E-state index contributed by atoms with van der Waals surface area (Å²) in [4.78, 5) is 0. The van der Waals surface area contributed by atoms with E-state index >= 15 is 0 Å². The minimum absolute atomic E-state index is 0.0114. The molecule has 3 heteroatoms. The summed E-state index contributed by atoms with van der Waals surface area (Å²) in [5, 5.41) is 13.8. The topological polar surface area (TPSA) is 41.5 Å². The van der Waals surface area contributed by atoms with Gasteiger partial charge in [-0.1, -0.05) is 43.2 Å². The fraction of sp³-hybridized carbons (Fsp3) is 0.571. The van der Waals surface area contributed by atoms with E-state index in [9.17, 15) is 5.11 Å². The molecule has 1 aliphatic carbocycles. The van der Waals surface area contributed by atoms with E-state index in [-0.39, 0.29) is 12.3 Å². The largest absolute Gasteiger partial charge is 0.386 e. The molecule has 2 N–H and O–H groups in total. The Kier molecular flexibility index (Phi) is 2.90. The second kappa shape index (κ2) is 4.41. The SMILES string of the molecule is O[C@@]12CCCC[C@@H]1O[C@H](c1ccccc1)NC2. The molecule has 0 aromatic heterocycles. The third kappa shape index (κ3) is 2.10. The van der Waals surface area contributed by atoms with Crippen LogP contribution in [0.4, 0.5) is 0 Å². The summed E-state index contributed by atoms with van der Waals surface area (Å²) in [6.07, 6.45) is 4.01. The van der Waals surface area contributed by atoms with Crippen LogP contribution >= 0.6 is 0 Å². The molecule has 0 amide bonds.